The molecule has 1 heterocycles. The molecule has 1 aliphatic heterocycles. The Morgan fingerprint density at radius 1 is 1.45 bits per heavy atom. The summed E-state index contributed by atoms with van der Waals surface area (Å²) in [6.45, 7) is 3.05. The Morgan fingerprint density at radius 3 is 2.90 bits per heavy atom. The van der Waals surface area contributed by atoms with Crippen LogP contribution >= 0.6 is 23.2 Å². The van der Waals surface area contributed by atoms with Crippen LogP contribution in [-0.4, -0.2) is 35.1 Å². The fraction of sp³-hybridized carbons (Fsp3) is 0.400. The van der Waals surface area contributed by atoms with E-state index in [2.05, 4.69) is 0 Å². The van der Waals surface area contributed by atoms with E-state index in [1.807, 2.05) is 6.92 Å². The minimum absolute atomic E-state index is 0.119. The van der Waals surface area contributed by atoms with Gasteiger partial charge < -0.3 is 10.0 Å². The number of hydrogen-bond acceptors (Lipinski definition) is 2. The molecule has 1 aliphatic rings. The van der Waals surface area contributed by atoms with Crippen LogP contribution in [0.2, 0.25) is 10.0 Å². The second-order valence-corrected chi connectivity index (χ2v) is 5.88. The molecule has 2 atom stereocenters. The molecule has 2 unspecified atom stereocenters. The summed E-state index contributed by atoms with van der Waals surface area (Å²) in [4.78, 5) is 13.7. The SMILES string of the molecule is CC1CCN(C(=O)/C=C/c2cccc(Cl)c2Cl)CC1O. The van der Waals surface area contributed by atoms with Crippen LogP contribution < -0.4 is 0 Å². The van der Waals surface area contributed by atoms with Crippen LogP contribution in [0.1, 0.15) is 18.9 Å². The number of hydrogen-bond donors (Lipinski definition) is 1. The number of likely N-dealkylation sites (tertiary alicyclic amines) is 1. The smallest absolute Gasteiger partial charge is 0.246 e. The first-order valence-electron chi connectivity index (χ1n) is 6.58. The number of β-amino-alcohol motifs (C(OH)–C–C–N with tert-alkyl or cyclic N) is 1. The van der Waals surface area contributed by atoms with Crippen LogP contribution in [0.15, 0.2) is 24.3 Å². The maximum absolute atomic E-state index is 12.1. The van der Waals surface area contributed by atoms with Gasteiger partial charge in [0.25, 0.3) is 0 Å². The number of rotatable bonds is 2. The summed E-state index contributed by atoms with van der Waals surface area (Å²) in [5, 5.41) is 10.7. The van der Waals surface area contributed by atoms with Crippen LogP contribution in [0.4, 0.5) is 0 Å². The highest BCUT2D eigenvalue weighted by Crippen LogP contribution is 2.26. The van der Waals surface area contributed by atoms with Gasteiger partial charge >= 0.3 is 0 Å². The number of carbonyl (C=O) groups is 1. The van der Waals surface area contributed by atoms with E-state index in [1.165, 1.54) is 6.08 Å². The van der Waals surface area contributed by atoms with Gasteiger partial charge in [0, 0.05) is 19.2 Å². The predicted molar refractivity (Wildman–Crippen MR) is 81.9 cm³/mol. The number of benzene rings is 1. The van der Waals surface area contributed by atoms with Gasteiger partial charge in [-0.15, -0.1) is 0 Å². The molecule has 1 aromatic carbocycles. The van der Waals surface area contributed by atoms with Gasteiger partial charge in [0.05, 0.1) is 16.1 Å². The Kier molecular flexibility index (Phi) is 5.08. The molecule has 1 aromatic rings. The highest BCUT2D eigenvalue weighted by Gasteiger charge is 2.26. The monoisotopic (exact) mass is 313 g/mol. The molecule has 5 heteroatoms. The standard InChI is InChI=1S/C15H17Cl2NO2/c1-10-7-8-18(9-13(10)19)14(20)6-5-11-3-2-4-12(16)15(11)17/h2-6,10,13,19H,7-9H2,1H3/b6-5+. The van der Waals surface area contributed by atoms with E-state index in [1.54, 1.807) is 29.2 Å². The Bertz CT molecular complexity index is 531. The molecule has 0 spiro atoms. The van der Waals surface area contributed by atoms with Crippen LogP contribution in [0, 0.1) is 5.92 Å². The summed E-state index contributed by atoms with van der Waals surface area (Å²) in [5.74, 6) is 0.123. The molecule has 0 aliphatic carbocycles. The molecule has 1 fully saturated rings. The van der Waals surface area contributed by atoms with Gasteiger partial charge in [-0.3, -0.25) is 4.79 Å². The van der Waals surface area contributed by atoms with Gasteiger partial charge in [-0.25, -0.2) is 0 Å². The summed E-state index contributed by atoms with van der Waals surface area (Å²) in [7, 11) is 0. The number of aliphatic hydroxyl groups is 1. The molecular formula is C15H17Cl2NO2. The minimum Gasteiger partial charge on any atom is -0.391 e. The molecule has 1 saturated heterocycles. The molecule has 1 amide bonds. The number of piperidine rings is 1. The van der Waals surface area contributed by atoms with Crippen molar-refractivity contribution in [1.29, 1.82) is 0 Å². The lowest BCUT2D eigenvalue weighted by atomic mass is 9.96. The van der Waals surface area contributed by atoms with Crippen molar-refractivity contribution >= 4 is 35.2 Å². The third-order valence-electron chi connectivity index (χ3n) is 3.62. The first kappa shape index (κ1) is 15.4. The topological polar surface area (TPSA) is 40.5 Å². The Hall–Kier alpha value is -1.03. The number of aliphatic hydroxyl groups excluding tert-OH is 1. The van der Waals surface area contributed by atoms with E-state index in [4.69, 9.17) is 23.2 Å². The van der Waals surface area contributed by atoms with Crippen molar-refractivity contribution in [3.8, 4) is 0 Å². The third kappa shape index (κ3) is 3.54. The maximum atomic E-state index is 12.1. The molecule has 0 aromatic heterocycles. The van der Waals surface area contributed by atoms with Crippen LogP contribution in [0.3, 0.4) is 0 Å². The maximum Gasteiger partial charge on any atom is 0.246 e. The second-order valence-electron chi connectivity index (χ2n) is 5.09. The van der Waals surface area contributed by atoms with E-state index in [-0.39, 0.29) is 11.8 Å². The normalized spacial score (nSPS) is 23.3. The predicted octanol–water partition coefficient (Wildman–Crippen LogP) is 3.24. The minimum atomic E-state index is -0.448. The quantitative estimate of drug-likeness (QED) is 0.852. The summed E-state index contributed by atoms with van der Waals surface area (Å²) in [6, 6.07) is 5.28. The van der Waals surface area contributed by atoms with Crippen molar-refractivity contribution in [3.63, 3.8) is 0 Å². The van der Waals surface area contributed by atoms with Gasteiger partial charge in [-0.2, -0.15) is 0 Å². The molecule has 108 valence electrons. The molecule has 0 saturated carbocycles. The average molecular weight is 314 g/mol. The van der Waals surface area contributed by atoms with Crippen molar-refractivity contribution in [2.45, 2.75) is 19.4 Å². The number of amides is 1. The van der Waals surface area contributed by atoms with Gasteiger partial charge in [0.1, 0.15) is 0 Å². The van der Waals surface area contributed by atoms with Gasteiger partial charge in [0.15, 0.2) is 0 Å². The summed E-state index contributed by atoms with van der Waals surface area (Å²) in [6.07, 6.45) is 3.50. The van der Waals surface area contributed by atoms with Gasteiger partial charge in [-0.05, 0) is 30.0 Å². The average Bonchev–Trinajstić information content (AvgIpc) is 2.43. The fourth-order valence-electron chi connectivity index (χ4n) is 2.16. The van der Waals surface area contributed by atoms with E-state index >= 15 is 0 Å². The van der Waals surface area contributed by atoms with E-state index in [0.717, 1.165) is 6.42 Å². The molecule has 2 rings (SSSR count). The molecule has 0 bridgehead atoms. The molecule has 1 N–H and O–H groups in total. The fourth-order valence-corrected chi connectivity index (χ4v) is 2.54. The lowest BCUT2D eigenvalue weighted by Crippen LogP contribution is -2.45. The summed E-state index contributed by atoms with van der Waals surface area (Å²) >= 11 is 12.0. The van der Waals surface area contributed by atoms with Crippen LogP contribution in [0.25, 0.3) is 6.08 Å². The molecule has 0 radical (unpaired) electrons. The molecule has 20 heavy (non-hydrogen) atoms. The van der Waals surface area contributed by atoms with Crippen molar-refractivity contribution < 1.29 is 9.90 Å². The van der Waals surface area contributed by atoms with E-state index in [0.29, 0.717) is 28.7 Å². The van der Waals surface area contributed by atoms with Crippen LogP contribution in [-0.2, 0) is 4.79 Å². The lowest BCUT2D eigenvalue weighted by Gasteiger charge is -2.33. The Morgan fingerprint density at radius 2 is 2.20 bits per heavy atom. The van der Waals surface area contributed by atoms with E-state index < -0.39 is 6.10 Å². The zero-order valence-electron chi connectivity index (χ0n) is 11.2. The summed E-state index contributed by atoms with van der Waals surface area (Å²) < 4.78 is 0. The van der Waals surface area contributed by atoms with Gasteiger partial charge in [0.2, 0.25) is 5.91 Å². The summed E-state index contributed by atoms with van der Waals surface area (Å²) in [5.41, 5.74) is 0.707. The van der Waals surface area contributed by atoms with Gasteiger partial charge in [-0.1, -0.05) is 42.3 Å². The highest BCUT2D eigenvalue weighted by molar-refractivity contribution is 6.42. The number of halogens is 2. The highest BCUT2D eigenvalue weighted by atomic mass is 35.5. The zero-order valence-corrected chi connectivity index (χ0v) is 12.7. The van der Waals surface area contributed by atoms with Crippen molar-refractivity contribution in [1.82, 2.24) is 4.90 Å². The zero-order chi connectivity index (χ0) is 14.7. The largest absolute Gasteiger partial charge is 0.391 e. The van der Waals surface area contributed by atoms with Crippen molar-refractivity contribution in [3.05, 3.63) is 39.9 Å². The van der Waals surface area contributed by atoms with Crippen molar-refractivity contribution in [2.24, 2.45) is 5.92 Å². The number of carbonyl (C=O) groups excluding carboxylic acids is 1. The number of nitrogens with zero attached hydrogens (tertiary/aromatic N) is 1. The Labute approximate surface area is 128 Å². The second kappa shape index (κ2) is 6.61. The van der Waals surface area contributed by atoms with Crippen molar-refractivity contribution in [2.75, 3.05) is 13.1 Å². The van der Waals surface area contributed by atoms with E-state index in [9.17, 15) is 9.90 Å². The molecule has 3 nitrogen and oxygen atoms in total. The Balaban J connectivity index is 2.04. The third-order valence-corrected chi connectivity index (χ3v) is 4.45. The first-order chi connectivity index (χ1) is 9.49. The lowest BCUT2D eigenvalue weighted by molar-refractivity contribution is -0.130. The van der Waals surface area contributed by atoms with Crippen LogP contribution in [0.5, 0.6) is 0 Å². The first-order valence-corrected chi connectivity index (χ1v) is 7.33. The molecular weight excluding hydrogens is 297 g/mol.